The Labute approximate surface area is 72.9 Å². The Morgan fingerprint density at radius 1 is 1.73 bits per heavy atom. The minimum absolute atomic E-state index is 0.315. The Balaban J connectivity index is 2.27. The van der Waals surface area contributed by atoms with Crippen LogP contribution in [0.15, 0.2) is 0 Å². The van der Waals surface area contributed by atoms with Crippen molar-refractivity contribution in [1.29, 1.82) is 0 Å². The van der Waals surface area contributed by atoms with Crippen LogP contribution < -0.4 is 5.73 Å². The van der Waals surface area contributed by atoms with Crippen molar-refractivity contribution in [1.82, 2.24) is 0 Å². The lowest BCUT2D eigenvalue weighted by atomic mass is 10.0. The minimum Gasteiger partial charge on any atom is -0.377 e. The van der Waals surface area contributed by atoms with Gasteiger partial charge < -0.3 is 10.5 Å². The van der Waals surface area contributed by atoms with Gasteiger partial charge in [-0.15, -0.1) is 0 Å². The molecular weight excluding hydrogens is 158 g/mol. The van der Waals surface area contributed by atoms with Crippen LogP contribution in [-0.4, -0.2) is 30.8 Å². The first-order chi connectivity index (χ1) is 5.38. The topological polar surface area (TPSA) is 35.2 Å². The van der Waals surface area contributed by atoms with Gasteiger partial charge in [-0.3, -0.25) is 0 Å². The lowest BCUT2D eigenvalue weighted by Gasteiger charge is -2.20. The number of rotatable bonds is 4. The van der Waals surface area contributed by atoms with Crippen molar-refractivity contribution in [2.75, 3.05) is 24.7 Å². The summed E-state index contributed by atoms with van der Waals surface area (Å²) in [5, 5.41) is 0. The van der Waals surface area contributed by atoms with Crippen molar-refractivity contribution < 1.29 is 4.74 Å². The van der Waals surface area contributed by atoms with E-state index < -0.39 is 0 Å². The summed E-state index contributed by atoms with van der Waals surface area (Å²) in [6.45, 7) is 3.51. The number of hydrogen-bond donors (Lipinski definition) is 1. The number of nitrogens with two attached hydrogens (primary N) is 1. The summed E-state index contributed by atoms with van der Waals surface area (Å²) in [4.78, 5) is 0. The Bertz CT molecular complexity index is 104. The molecule has 2 unspecified atom stereocenters. The maximum absolute atomic E-state index is 5.60. The molecule has 1 rings (SSSR count). The van der Waals surface area contributed by atoms with E-state index in [2.05, 4.69) is 0 Å². The highest BCUT2D eigenvalue weighted by Gasteiger charge is 2.24. The Kier molecular flexibility index (Phi) is 4.26. The second-order valence-corrected chi connectivity index (χ2v) is 4.00. The van der Waals surface area contributed by atoms with Crippen molar-refractivity contribution in [2.24, 2.45) is 11.7 Å². The first-order valence-corrected chi connectivity index (χ1v) is 5.43. The van der Waals surface area contributed by atoms with E-state index in [0.29, 0.717) is 18.6 Å². The van der Waals surface area contributed by atoms with E-state index in [-0.39, 0.29) is 0 Å². The molecule has 0 aromatic heterocycles. The third-order valence-electron chi connectivity index (χ3n) is 2.10. The highest BCUT2D eigenvalue weighted by Crippen LogP contribution is 2.27. The smallest absolute Gasteiger partial charge is 0.0733 e. The molecule has 66 valence electrons. The normalized spacial score (nSPS) is 27.3. The van der Waals surface area contributed by atoms with Gasteiger partial charge in [0, 0.05) is 13.2 Å². The van der Waals surface area contributed by atoms with Gasteiger partial charge in [0.15, 0.2) is 0 Å². The zero-order valence-corrected chi connectivity index (χ0v) is 7.90. The fourth-order valence-corrected chi connectivity index (χ4v) is 2.78. The molecule has 0 radical (unpaired) electrons. The maximum Gasteiger partial charge on any atom is 0.0733 e. The van der Waals surface area contributed by atoms with Crippen LogP contribution in [0.3, 0.4) is 0 Å². The van der Waals surface area contributed by atoms with Crippen LogP contribution in [0.2, 0.25) is 0 Å². The van der Waals surface area contributed by atoms with E-state index in [9.17, 15) is 0 Å². The van der Waals surface area contributed by atoms with Gasteiger partial charge in [-0.25, -0.2) is 0 Å². The van der Waals surface area contributed by atoms with Crippen LogP contribution in [0.25, 0.3) is 0 Å². The second kappa shape index (κ2) is 5.01. The Morgan fingerprint density at radius 3 is 3.00 bits per heavy atom. The van der Waals surface area contributed by atoms with Crippen LogP contribution in [0.1, 0.15) is 13.3 Å². The molecule has 2 nitrogen and oxygen atoms in total. The van der Waals surface area contributed by atoms with Crippen molar-refractivity contribution >= 4 is 11.8 Å². The summed E-state index contributed by atoms with van der Waals surface area (Å²) in [5.41, 5.74) is 5.60. The van der Waals surface area contributed by atoms with Crippen LogP contribution in [0, 0.1) is 5.92 Å². The maximum atomic E-state index is 5.60. The standard InChI is InChI=1S/C8H17NOS/c1-2-10-8(5-9)7-3-4-11-6-7/h7-8H,2-6,9H2,1H3. The van der Waals surface area contributed by atoms with E-state index in [1.165, 1.54) is 17.9 Å². The SMILES string of the molecule is CCOC(CN)C1CCSC1. The zero-order valence-electron chi connectivity index (χ0n) is 7.08. The molecular formula is C8H17NOS. The van der Waals surface area contributed by atoms with E-state index in [4.69, 9.17) is 10.5 Å². The van der Waals surface area contributed by atoms with E-state index in [1.807, 2.05) is 18.7 Å². The lowest BCUT2D eigenvalue weighted by molar-refractivity contribution is 0.0340. The zero-order chi connectivity index (χ0) is 8.10. The summed E-state index contributed by atoms with van der Waals surface area (Å²) >= 11 is 2.02. The summed E-state index contributed by atoms with van der Waals surface area (Å²) in [5.74, 6) is 3.24. The molecule has 3 heteroatoms. The van der Waals surface area contributed by atoms with Crippen molar-refractivity contribution in [2.45, 2.75) is 19.4 Å². The molecule has 0 bridgehead atoms. The molecule has 1 aliphatic rings. The molecule has 1 fully saturated rings. The largest absolute Gasteiger partial charge is 0.377 e. The van der Waals surface area contributed by atoms with Gasteiger partial charge in [0.05, 0.1) is 6.10 Å². The molecule has 11 heavy (non-hydrogen) atoms. The fraction of sp³-hybridized carbons (Fsp3) is 1.00. The average Bonchev–Trinajstić information content (AvgIpc) is 2.52. The Morgan fingerprint density at radius 2 is 2.55 bits per heavy atom. The summed E-state index contributed by atoms with van der Waals surface area (Å²) in [6.07, 6.45) is 1.60. The van der Waals surface area contributed by atoms with Gasteiger partial charge in [-0.05, 0) is 30.8 Å². The van der Waals surface area contributed by atoms with Gasteiger partial charge >= 0.3 is 0 Å². The van der Waals surface area contributed by atoms with Gasteiger partial charge in [-0.1, -0.05) is 0 Å². The van der Waals surface area contributed by atoms with E-state index >= 15 is 0 Å². The fourth-order valence-electron chi connectivity index (χ4n) is 1.46. The monoisotopic (exact) mass is 175 g/mol. The van der Waals surface area contributed by atoms with Crippen LogP contribution in [-0.2, 0) is 4.74 Å². The van der Waals surface area contributed by atoms with Crippen LogP contribution in [0.5, 0.6) is 0 Å². The molecule has 2 atom stereocenters. The van der Waals surface area contributed by atoms with Crippen molar-refractivity contribution in [3.8, 4) is 0 Å². The molecule has 0 amide bonds. The van der Waals surface area contributed by atoms with E-state index in [0.717, 1.165) is 6.61 Å². The van der Waals surface area contributed by atoms with Crippen molar-refractivity contribution in [3.63, 3.8) is 0 Å². The molecule has 1 saturated heterocycles. The lowest BCUT2D eigenvalue weighted by Crippen LogP contribution is -2.31. The van der Waals surface area contributed by atoms with Gasteiger partial charge in [0.1, 0.15) is 0 Å². The summed E-state index contributed by atoms with van der Waals surface area (Å²) in [7, 11) is 0. The third kappa shape index (κ3) is 2.65. The van der Waals surface area contributed by atoms with Gasteiger partial charge in [-0.2, -0.15) is 11.8 Å². The predicted molar refractivity (Wildman–Crippen MR) is 49.9 cm³/mol. The highest BCUT2D eigenvalue weighted by atomic mass is 32.2. The first kappa shape index (κ1) is 9.36. The van der Waals surface area contributed by atoms with Gasteiger partial charge in [0.25, 0.3) is 0 Å². The number of ether oxygens (including phenoxy) is 1. The number of thioether (sulfide) groups is 1. The first-order valence-electron chi connectivity index (χ1n) is 4.28. The third-order valence-corrected chi connectivity index (χ3v) is 3.29. The minimum atomic E-state index is 0.315. The highest BCUT2D eigenvalue weighted by molar-refractivity contribution is 7.99. The van der Waals surface area contributed by atoms with Crippen LogP contribution >= 0.6 is 11.8 Å². The molecule has 0 aromatic carbocycles. The molecule has 0 spiro atoms. The Hall–Kier alpha value is 0.270. The van der Waals surface area contributed by atoms with Gasteiger partial charge in [0.2, 0.25) is 0 Å². The van der Waals surface area contributed by atoms with Crippen LogP contribution in [0.4, 0.5) is 0 Å². The molecule has 0 aliphatic carbocycles. The molecule has 1 aliphatic heterocycles. The number of hydrogen-bond acceptors (Lipinski definition) is 3. The quantitative estimate of drug-likeness (QED) is 0.695. The summed E-state index contributed by atoms with van der Waals surface area (Å²) in [6, 6.07) is 0. The van der Waals surface area contributed by atoms with E-state index in [1.54, 1.807) is 0 Å². The van der Waals surface area contributed by atoms with Crippen molar-refractivity contribution in [3.05, 3.63) is 0 Å². The summed E-state index contributed by atoms with van der Waals surface area (Å²) < 4.78 is 5.54. The molecule has 1 heterocycles. The molecule has 0 saturated carbocycles. The average molecular weight is 175 g/mol. The second-order valence-electron chi connectivity index (χ2n) is 2.85. The molecule has 0 aromatic rings. The molecule has 2 N–H and O–H groups in total. The predicted octanol–water partition coefficient (Wildman–Crippen LogP) is 1.10.